The first kappa shape index (κ1) is 34.4. The van der Waals surface area contributed by atoms with E-state index in [4.69, 9.17) is 4.74 Å². The van der Waals surface area contributed by atoms with Gasteiger partial charge in [-0.3, -0.25) is 24.3 Å². The molecule has 1 aliphatic carbocycles. The number of aryl methyl sites for hydroxylation is 1. The fourth-order valence-corrected chi connectivity index (χ4v) is 7.32. The number of aromatic nitrogens is 1. The fraction of sp³-hybridized carbons (Fsp3) is 0.366. The number of nitrogens with one attached hydrogen (secondary N) is 3. The highest BCUT2D eigenvalue weighted by Gasteiger charge is 2.23. The summed E-state index contributed by atoms with van der Waals surface area (Å²) in [5.74, 6) is -0.714. The number of amides is 3. The molecule has 1 unspecified atom stereocenters. The summed E-state index contributed by atoms with van der Waals surface area (Å²) in [6, 6.07) is 24.6. The number of carbonyl (C=O) groups excluding carboxylic acids is 3. The Morgan fingerprint density at radius 2 is 1.55 bits per heavy atom. The van der Waals surface area contributed by atoms with Crippen LogP contribution in [-0.4, -0.2) is 80.1 Å². The van der Waals surface area contributed by atoms with Crippen molar-refractivity contribution in [1.29, 1.82) is 0 Å². The van der Waals surface area contributed by atoms with Crippen molar-refractivity contribution in [2.75, 3.05) is 62.7 Å². The second kappa shape index (κ2) is 16.3. The Balaban J connectivity index is 1.10. The van der Waals surface area contributed by atoms with E-state index in [1.165, 1.54) is 17.5 Å². The number of nitrogens with zero attached hydrogens (tertiary/aromatic N) is 3. The van der Waals surface area contributed by atoms with E-state index in [-0.39, 0.29) is 23.8 Å². The summed E-state index contributed by atoms with van der Waals surface area (Å²) >= 11 is 0. The van der Waals surface area contributed by atoms with Gasteiger partial charge in [0, 0.05) is 73.4 Å². The van der Waals surface area contributed by atoms with E-state index in [2.05, 4.69) is 55.0 Å². The van der Waals surface area contributed by atoms with Gasteiger partial charge in [0.05, 0.1) is 30.6 Å². The number of fused-ring (bicyclic) bond motifs is 1. The summed E-state index contributed by atoms with van der Waals surface area (Å²) < 4.78 is 5.40. The lowest BCUT2D eigenvalue weighted by atomic mass is 9.87. The molecule has 7 rings (SSSR count). The van der Waals surface area contributed by atoms with Gasteiger partial charge in [0.2, 0.25) is 0 Å². The minimum Gasteiger partial charge on any atom is -0.379 e. The van der Waals surface area contributed by atoms with E-state index in [0.29, 0.717) is 47.8 Å². The Hall–Kier alpha value is -5.06. The van der Waals surface area contributed by atoms with Gasteiger partial charge in [-0.15, -0.1) is 0 Å². The monoisotopic (exact) mass is 686 g/mol. The zero-order chi connectivity index (χ0) is 35.0. The predicted molar refractivity (Wildman–Crippen MR) is 199 cm³/mol. The summed E-state index contributed by atoms with van der Waals surface area (Å²) in [7, 11) is 0. The molecule has 2 saturated heterocycles. The molecule has 1 aromatic heterocycles. The van der Waals surface area contributed by atoms with Gasteiger partial charge < -0.3 is 25.6 Å². The van der Waals surface area contributed by atoms with Crippen molar-refractivity contribution in [2.24, 2.45) is 0 Å². The topological polar surface area (TPSA) is 116 Å². The molecule has 51 heavy (non-hydrogen) atoms. The SMILES string of the molecule is O=C(NCCN1CCOCC1)c1cccc(C(=O)Nc2ccc(N3CCCCC3)cc2-c2cc(C(=O)NC3CCCc4ccccc43)ccn2)c1. The fourth-order valence-electron chi connectivity index (χ4n) is 7.32. The molecule has 3 heterocycles. The van der Waals surface area contributed by atoms with Crippen LogP contribution in [0.1, 0.15) is 80.3 Å². The van der Waals surface area contributed by atoms with Gasteiger partial charge in [0.1, 0.15) is 0 Å². The smallest absolute Gasteiger partial charge is 0.255 e. The quantitative estimate of drug-likeness (QED) is 0.192. The molecule has 1 atom stereocenters. The molecule has 4 aromatic rings. The molecule has 0 bridgehead atoms. The first-order valence-corrected chi connectivity index (χ1v) is 18.3. The van der Waals surface area contributed by atoms with Crippen molar-refractivity contribution in [3.8, 4) is 11.3 Å². The Labute approximate surface area is 299 Å². The average molecular weight is 687 g/mol. The largest absolute Gasteiger partial charge is 0.379 e. The molecular formula is C41H46N6O4. The number of anilines is 2. The van der Waals surface area contributed by atoms with E-state index < -0.39 is 0 Å². The maximum atomic E-state index is 13.7. The molecule has 3 aromatic carbocycles. The number of ether oxygens (including phenoxy) is 1. The van der Waals surface area contributed by atoms with Crippen LogP contribution in [0, 0.1) is 0 Å². The van der Waals surface area contributed by atoms with Crippen molar-refractivity contribution < 1.29 is 19.1 Å². The maximum Gasteiger partial charge on any atom is 0.255 e. The number of rotatable bonds is 10. The molecule has 3 aliphatic rings. The number of morpholine rings is 1. The molecule has 3 amide bonds. The molecule has 0 spiro atoms. The third kappa shape index (κ3) is 8.46. The van der Waals surface area contributed by atoms with Gasteiger partial charge in [0.25, 0.3) is 17.7 Å². The summed E-state index contributed by atoms with van der Waals surface area (Å²) in [5, 5.41) is 9.32. The van der Waals surface area contributed by atoms with Crippen LogP contribution < -0.4 is 20.9 Å². The molecule has 10 heteroatoms. The highest BCUT2D eigenvalue weighted by molar-refractivity contribution is 6.08. The highest BCUT2D eigenvalue weighted by Crippen LogP contribution is 2.34. The molecule has 3 N–H and O–H groups in total. The third-order valence-corrected chi connectivity index (χ3v) is 10.1. The summed E-state index contributed by atoms with van der Waals surface area (Å²) in [6.07, 6.45) is 8.07. The van der Waals surface area contributed by atoms with E-state index in [9.17, 15) is 14.4 Å². The van der Waals surface area contributed by atoms with Crippen molar-refractivity contribution in [3.63, 3.8) is 0 Å². The molecule has 264 valence electrons. The average Bonchev–Trinajstić information content (AvgIpc) is 3.19. The van der Waals surface area contributed by atoms with Gasteiger partial charge in [-0.1, -0.05) is 30.3 Å². The Kier molecular flexibility index (Phi) is 11.0. The van der Waals surface area contributed by atoms with Gasteiger partial charge in [0.15, 0.2) is 0 Å². The zero-order valence-corrected chi connectivity index (χ0v) is 29.0. The van der Waals surface area contributed by atoms with Crippen LogP contribution in [0.3, 0.4) is 0 Å². The van der Waals surface area contributed by atoms with Gasteiger partial charge in [-0.25, -0.2) is 0 Å². The molecule has 10 nitrogen and oxygen atoms in total. The number of pyridine rings is 1. The van der Waals surface area contributed by atoms with Gasteiger partial charge >= 0.3 is 0 Å². The minimum atomic E-state index is -0.338. The van der Waals surface area contributed by atoms with Crippen LogP contribution in [0.2, 0.25) is 0 Å². The highest BCUT2D eigenvalue weighted by atomic mass is 16.5. The van der Waals surface area contributed by atoms with Gasteiger partial charge in [-0.05, 0) is 98.2 Å². The second-order valence-corrected chi connectivity index (χ2v) is 13.6. The maximum absolute atomic E-state index is 13.7. The Morgan fingerprint density at radius 1 is 0.765 bits per heavy atom. The standard InChI is InChI=1S/C41H46N6O4/c48-39(43-18-21-46-22-24-51-25-23-46)30-10-6-11-31(26-30)40(49)45-37-15-14-33(47-19-4-1-5-20-47)28-35(37)38-27-32(16-17-42-38)41(50)44-36-13-7-9-29-8-2-3-12-34(29)36/h2-3,6,8,10-12,14-17,26-28,36H,1,4-5,7,9,13,18-25H2,(H,43,48)(H,44,50)(H,45,49). The first-order valence-electron chi connectivity index (χ1n) is 18.3. The minimum absolute atomic E-state index is 0.0426. The molecule has 0 saturated carbocycles. The van der Waals surface area contributed by atoms with Crippen LogP contribution in [-0.2, 0) is 11.2 Å². The van der Waals surface area contributed by atoms with Crippen LogP contribution in [0.5, 0.6) is 0 Å². The summed E-state index contributed by atoms with van der Waals surface area (Å²) in [5.41, 5.74) is 6.71. The lowest BCUT2D eigenvalue weighted by Gasteiger charge is -2.29. The molecule has 2 aliphatic heterocycles. The Morgan fingerprint density at radius 3 is 2.39 bits per heavy atom. The van der Waals surface area contributed by atoms with Crippen LogP contribution in [0.15, 0.2) is 85.1 Å². The second-order valence-electron chi connectivity index (χ2n) is 13.6. The van der Waals surface area contributed by atoms with Crippen molar-refractivity contribution >= 4 is 29.1 Å². The molecular weight excluding hydrogens is 640 g/mol. The molecule has 2 fully saturated rings. The van der Waals surface area contributed by atoms with Crippen LogP contribution in [0.4, 0.5) is 11.4 Å². The van der Waals surface area contributed by atoms with Gasteiger partial charge in [-0.2, -0.15) is 0 Å². The summed E-state index contributed by atoms with van der Waals surface area (Å²) in [6.45, 7) is 6.32. The number of benzene rings is 3. The lowest BCUT2D eigenvalue weighted by molar-refractivity contribution is 0.0383. The number of carbonyl (C=O) groups is 3. The van der Waals surface area contributed by atoms with Crippen molar-refractivity contribution in [2.45, 2.75) is 44.6 Å². The van der Waals surface area contributed by atoms with Crippen molar-refractivity contribution in [3.05, 3.63) is 113 Å². The third-order valence-electron chi connectivity index (χ3n) is 10.1. The van der Waals surface area contributed by atoms with Crippen LogP contribution >= 0.6 is 0 Å². The summed E-state index contributed by atoms with van der Waals surface area (Å²) in [4.78, 5) is 49.7. The number of piperidine rings is 1. The van der Waals surface area contributed by atoms with E-state index >= 15 is 0 Å². The predicted octanol–water partition coefficient (Wildman–Crippen LogP) is 5.86. The number of hydrogen-bond donors (Lipinski definition) is 3. The normalized spacial score (nSPS) is 17.6. The molecule has 0 radical (unpaired) electrons. The van der Waals surface area contributed by atoms with Crippen LogP contribution in [0.25, 0.3) is 11.3 Å². The van der Waals surface area contributed by atoms with E-state index in [0.717, 1.165) is 76.1 Å². The first-order chi connectivity index (χ1) is 25.0. The van der Waals surface area contributed by atoms with E-state index in [1.807, 2.05) is 18.2 Å². The lowest BCUT2D eigenvalue weighted by Crippen LogP contribution is -2.41. The zero-order valence-electron chi connectivity index (χ0n) is 29.0. The van der Waals surface area contributed by atoms with E-state index in [1.54, 1.807) is 42.6 Å². The number of hydrogen-bond acceptors (Lipinski definition) is 7. The Bertz CT molecular complexity index is 1870. The van der Waals surface area contributed by atoms with Crippen molar-refractivity contribution in [1.82, 2.24) is 20.5 Å².